The molecule has 270 valence electrons. The number of carbonyl (C=O) groups excluding carboxylic acids is 2. The summed E-state index contributed by atoms with van der Waals surface area (Å²) < 4.78 is 47.4. The summed E-state index contributed by atoms with van der Waals surface area (Å²) in [4.78, 5) is 30.4. The number of sulfonamides is 1. The van der Waals surface area contributed by atoms with Gasteiger partial charge in [-0.2, -0.15) is 0 Å². The molecular weight excluding hydrogens is 734 g/mol. The summed E-state index contributed by atoms with van der Waals surface area (Å²) >= 11 is 3.48. The molecule has 2 amide bonds. The maximum Gasteiger partial charge on any atom is 0.264 e. The Kier molecular flexibility index (Phi) is 13.0. The number of ether oxygens (including phenoxy) is 3. The van der Waals surface area contributed by atoms with E-state index in [0.29, 0.717) is 18.1 Å². The van der Waals surface area contributed by atoms with Crippen LogP contribution in [0, 0.1) is 0 Å². The van der Waals surface area contributed by atoms with Crippen LogP contribution in [0.4, 0.5) is 5.69 Å². The van der Waals surface area contributed by atoms with Crippen molar-refractivity contribution in [3.05, 3.63) is 113 Å². The van der Waals surface area contributed by atoms with Gasteiger partial charge in [-0.05, 0) is 79.4 Å². The third-order valence-electron chi connectivity index (χ3n) is 8.90. The lowest BCUT2D eigenvalue weighted by Gasteiger charge is -2.34. The fourth-order valence-corrected chi connectivity index (χ4v) is 7.91. The van der Waals surface area contributed by atoms with E-state index in [1.54, 1.807) is 24.3 Å². The smallest absolute Gasteiger partial charge is 0.264 e. The van der Waals surface area contributed by atoms with Crippen molar-refractivity contribution in [2.45, 2.75) is 62.6 Å². The number of methoxy groups -OCH3 is 2. The molecule has 1 fully saturated rings. The minimum Gasteiger partial charge on any atom is -0.494 e. The average molecular weight is 779 g/mol. The molecule has 1 N–H and O–H groups in total. The molecule has 0 unspecified atom stereocenters. The van der Waals surface area contributed by atoms with E-state index in [4.69, 9.17) is 14.2 Å². The lowest BCUT2D eigenvalue weighted by Crippen LogP contribution is -2.54. The van der Waals surface area contributed by atoms with Crippen LogP contribution < -0.4 is 23.8 Å². The van der Waals surface area contributed by atoms with Gasteiger partial charge in [0, 0.05) is 29.5 Å². The van der Waals surface area contributed by atoms with E-state index in [9.17, 15) is 18.0 Å². The average Bonchev–Trinajstić information content (AvgIpc) is 3.66. The molecule has 0 heterocycles. The van der Waals surface area contributed by atoms with Gasteiger partial charge in [-0.15, -0.1) is 0 Å². The Labute approximate surface area is 308 Å². The summed E-state index contributed by atoms with van der Waals surface area (Å²) in [7, 11) is -1.48. The highest BCUT2D eigenvalue weighted by molar-refractivity contribution is 9.10. The van der Waals surface area contributed by atoms with E-state index in [2.05, 4.69) is 21.2 Å². The molecular formula is C39H44BrN3O7S. The van der Waals surface area contributed by atoms with Gasteiger partial charge < -0.3 is 24.4 Å². The van der Waals surface area contributed by atoms with Crippen LogP contribution in [0.1, 0.15) is 43.7 Å². The first kappa shape index (κ1) is 37.7. The molecule has 10 nitrogen and oxygen atoms in total. The van der Waals surface area contributed by atoms with Crippen molar-refractivity contribution in [2.75, 3.05) is 31.7 Å². The number of carbonyl (C=O) groups is 2. The third-order valence-corrected chi connectivity index (χ3v) is 11.2. The van der Waals surface area contributed by atoms with Gasteiger partial charge >= 0.3 is 0 Å². The van der Waals surface area contributed by atoms with Gasteiger partial charge in [0.1, 0.15) is 18.3 Å². The second-order valence-electron chi connectivity index (χ2n) is 12.3. The first-order chi connectivity index (χ1) is 24.6. The Morgan fingerprint density at radius 3 is 2.16 bits per heavy atom. The van der Waals surface area contributed by atoms with Crippen molar-refractivity contribution in [3.8, 4) is 17.2 Å². The van der Waals surface area contributed by atoms with Crippen molar-refractivity contribution in [3.63, 3.8) is 0 Å². The predicted octanol–water partition coefficient (Wildman–Crippen LogP) is 6.76. The number of nitrogens with one attached hydrogen (secondary N) is 1. The van der Waals surface area contributed by atoms with Crippen LogP contribution in [0.2, 0.25) is 0 Å². The number of amides is 2. The van der Waals surface area contributed by atoms with Crippen molar-refractivity contribution < 1.29 is 32.2 Å². The van der Waals surface area contributed by atoms with E-state index >= 15 is 0 Å². The highest BCUT2D eigenvalue weighted by Crippen LogP contribution is 2.33. The van der Waals surface area contributed by atoms with Crippen LogP contribution in [-0.4, -0.2) is 64.6 Å². The van der Waals surface area contributed by atoms with Crippen LogP contribution in [0.5, 0.6) is 17.2 Å². The standard InChI is InChI=1S/C39H44BrN3O7S/c1-4-50-33-20-18-32(19-21-33)43(51(46,47)34-22-23-36(48-2)37(25-34)49-3)27-38(44)42(26-29-14-16-30(40)17-15-29)35(24-28-10-6-5-7-11-28)39(45)41-31-12-8-9-13-31/h5-7,10-11,14-23,25,31,35H,4,8-9,12-13,24,26-27H2,1-3H3,(H,41,45)/t35-/m0/s1. The normalized spacial score (nSPS) is 13.6. The Morgan fingerprint density at radius 1 is 0.863 bits per heavy atom. The lowest BCUT2D eigenvalue weighted by molar-refractivity contribution is -0.140. The zero-order valence-corrected chi connectivity index (χ0v) is 31.5. The molecule has 0 radical (unpaired) electrons. The van der Waals surface area contributed by atoms with Crippen molar-refractivity contribution in [2.24, 2.45) is 0 Å². The monoisotopic (exact) mass is 777 g/mol. The number of anilines is 1. The topological polar surface area (TPSA) is 114 Å². The number of benzene rings is 4. The zero-order valence-electron chi connectivity index (χ0n) is 29.1. The lowest BCUT2D eigenvalue weighted by atomic mass is 10.0. The molecule has 4 aromatic carbocycles. The van der Waals surface area contributed by atoms with E-state index in [1.165, 1.54) is 37.3 Å². The minimum atomic E-state index is -4.36. The van der Waals surface area contributed by atoms with Crippen LogP contribution in [0.15, 0.2) is 106 Å². The van der Waals surface area contributed by atoms with Gasteiger partial charge in [0.15, 0.2) is 11.5 Å². The van der Waals surface area contributed by atoms with E-state index in [-0.39, 0.29) is 41.2 Å². The highest BCUT2D eigenvalue weighted by atomic mass is 79.9. The molecule has 1 aliphatic carbocycles. The number of halogens is 1. The van der Waals surface area contributed by atoms with Crippen molar-refractivity contribution in [1.29, 1.82) is 0 Å². The van der Waals surface area contributed by atoms with Crippen LogP contribution in [-0.2, 0) is 32.6 Å². The van der Waals surface area contributed by atoms with Gasteiger partial charge in [-0.1, -0.05) is 71.2 Å². The second-order valence-corrected chi connectivity index (χ2v) is 15.1. The molecule has 1 atom stereocenters. The molecule has 1 saturated carbocycles. The summed E-state index contributed by atoms with van der Waals surface area (Å²) in [5.41, 5.74) is 1.91. The SMILES string of the molecule is CCOc1ccc(N(CC(=O)N(Cc2ccc(Br)cc2)[C@@H](Cc2ccccc2)C(=O)NC2CCCC2)S(=O)(=O)c2ccc(OC)c(OC)c2)cc1. The van der Waals surface area contributed by atoms with Crippen molar-refractivity contribution in [1.82, 2.24) is 10.2 Å². The van der Waals surface area contributed by atoms with Gasteiger partial charge in [0.05, 0.1) is 31.4 Å². The Morgan fingerprint density at radius 2 is 1.53 bits per heavy atom. The van der Waals surface area contributed by atoms with Gasteiger partial charge in [-0.3, -0.25) is 13.9 Å². The maximum absolute atomic E-state index is 14.8. The number of rotatable bonds is 16. The molecule has 0 aromatic heterocycles. The second kappa shape index (κ2) is 17.6. The van der Waals surface area contributed by atoms with Crippen LogP contribution in [0.3, 0.4) is 0 Å². The molecule has 51 heavy (non-hydrogen) atoms. The van der Waals surface area contributed by atoms with E-state index < -0.39 is 28.5 Å². The minimum absolute atomic E-state index is 0.0196. The molecule has 5 rings (SSSR count). The Bertz CT molecular complexity index is 1870. The largest absolute Gasteiger partial charge is 0.494 e. The molecule has 4 aromatic rings. The summed E-state index contributed by atoms with van der Waals surface area (Å²) in [5.74, 6) is 0.321. The van der Waals surface area contributed by atoms with Gasteiger partial charge in [0.2, 0.25) is 11.8 Å². The molecule has 12 heteroatoms. The molecule has 0 bridgehead atoms. The maximum atomic E-state index is 14.8. The zero-order chi connectivity index (χ0) is 36.4. The van der Waals surface area contributed by atoms with E-state index in [1.807, 2.05) is 61.5 Å². The van der Waals surface area contributed by atoms with E-state index in [0.717, 1.165) is 45.6 Å². The summed E-state index contributed by atoms with van der Waals surface area (Å²) in [6.07, 6.45) is 4.05. The number of hydrogen-bond donors (Lipinski definition) is 1. The summed E-state index contributed by atoms with van der Waals surface area (Å²) in [5, 5.41) is 3.20. The highest BCUT2D eigenvalue weighted by Gasteiger charge is 2.36. The van der Waals surface area contributed by atoms with Crippen LogP contribution >= 0.6 is 15.9 Å². The fourth-order valence-electron chi connectivity index (χ4n) is 6.22. The molecule has 0 spiro atoms. The Balaban J connectivity index is 1.58. The van der Waals surface area contributed by atoms with Crippen molar-refractivity contribution >= 4 is 43.5 Å². The number of nitrogens with zero attached hydrogens (tertiary/aromatic N) is 2. The third kappa shape index (κ3) is 9.62. The predicted molar refractivity (Wildman–Crippen MR) is 201 cm³/mol. The van der Waals surface area contributed by atoms with Gasteiger partial charge in [0.25, 0.3) is 10.0 Å². The molecule has 0 aliphatic heterocycles. The first-order valence-electron chi connectivity index (χ1n) is 17.0. The van der Waals surface area contributed by atoms with Gasteiger partial charge in [-0.25, -0.2) is 8.42 Å². The number of hydrogen-bond acceptors (Lipinski definition) is 7. The molecule has 1 aliphatic rings. The fraction of sp³-hybridized carbons (Fsp3) is 0.333. The summed E-state index contributed by atoms with van der Waals surface area (Å²) in [6.45, 7) is 1.79. The van der Waals surface area contributed by atoms with Crippen LogP contribution in [0.25, 0.3) is 0 Å². The molecule has 0 saturated heterocycles. The first-order valence-corrected chi connectivity index (χ1v) is 19.2. The quantitative estimate of drug-likeness (QED) is 0.134. The summed E-state index contributed by atoms with van der Waals surface area (Å²) in [6, 6.07) is 26.9. The Hall–Kier alpha value is -4.55.